The van der Waals surface area contributed by atoms with Crippen LogP contribution in [0.2, 0.25) is 0 Å². The third-order valence-electron chi connectivity index (χ3n) is 2.04. The summed E-state index contributed by atoms with van der Waals surface area (Å²) in [7, 11) is 0. The van der Waals surface area contributed by atoms with Crippen LogP contribution in [0.4, 0.5) is 0 Å². The standard InChI is InChI=1S/C7H14O4/c1-4-6(9)7(2,10)3-5(8)11-4/h4-6,8-10H,3H2,1-2H3/t4-,5?,6-,7?/m0/s1. The predicted molar refractivity (Wildman–Crippen MR) is 37.8 cm³/mol. The fourth-order valence-corrected chi connectivity index (χ4v) is 1.35. The molecule has 0 spiro atoms. The molecule has 2 unspecified atom stereocenters. The van der Waals surface area contributed by atoms with Crippen LogP contribution in [-0.2, 0) is 4.74 Å². The lowest BCUT2D eigenvalue weighted by atomic mass is 9.89. The summed E-state index contributed by atoms with van der Waals surface area (Å²) in [4.78, 5) is 0. The molecule has 0 aromatic heterocycles. The molecule has 0 bridgehead atoms. The molecule has 0 aliphatic carbocycles. The number of aliphatic hydroxyl groups is 3. The minimum absolute atomic E-state index is 0.0541. The van der Waals surface area contributed by atoms with Crippen LogP contribution in [0.3, 0.4) is 0 Å². The largest absolute Gasteiger partial charge is 0.387 e. The van der Waals surface area contributed by atoms with Crippen LogP contribution in [0.25, 0.3) is 0 Å². The molecule has 1 rings (SSSR count). The predicted octanol–water partition coefficient (Wildman–Crippen LogP) is -0.775. The fourth-order valence-electron chi connectivity index (χ4n) is 1.35. The number of hydrogen-bond donors (Lipinski definition) is 3. The van der Waals surface area contributed by atoms with Gasteiger partial charge in [-0.15, -0.1) is 0 Å². The molecule has 11 heavy (non-hydrogen) atoms. The van der Waals surface area contributed by atoms with Crippen LogP contribution >= 0.6 is 0 Å². The topological polar surface area (TPSA) is 69.9 Å². The molecular formula is C7H14O4. The van der Waals surface area contributed by atoms with E-state index in [0.717, 1.165) is 0 Å². The second-order valence-corrected chi connectivity index (χ2v) is 3.30. The van der Waals surface area contributed by atoms with Crippen molar-refractivity contribution in [2.45, 2.75) is 44.4 Å². The van der Waals surface area contributed by atoms with E-state index in [2.05, 4.69) is 0 Å². The first-order chi connectivity index (χ1) is 4.93. The molecule has 66 valence electrons. The molecule has 4 atom stereocenters. The van der Waals surface area contributed by atoms with E-state index in [9.17, 15) is 10.2 Å². The highest BCUT2D eigenvalue weighted by molar-refractivity contribution is 4.90. The van der Waals surface area contributed by atoms with Gasteiger partial charge in [0.25, 0.3) is 0 Å². The SMILES string of the molecule is C[C@@H]1OC(O)CC(C)(O)[C@H]1O. The van der Waals surface area contributed by atoms with Crippen molar-refractivity contribution >= 4 is 0 Å². The van der Waals surface area contributed by atoms with Crippen molar-refractivity contribution in [3.8, 4) is 0 Å². The van der Waals surface area contributed by atoms with Gasteiger partial charge in [0.05, 0.1) is 11.7 Å². The fraction of sp³-hybridized carbons (Fsp3) is 1.00. The van der Waals surface area contributed by atoms with E-state index < -0.39 is 24.1 Å². The van der Waals surface area contributed by atoms with Gasteiger partial charge in [0, 0.05) is 6.42 Å². The average molecular weight is 162 g/mol. The third kappa shape index (κ3) is 1.70. The summed E-state index contributed by atoms with van der Waals surface area (Å²) in [5, 5.41) is 27.9. The first-order valence-corrected chi connectivity index (χ1v) is 3.67. The van der Waals surface area contributed by atoms with Crippen molar-refractivity contribution in [3.05, 3.63) is 0 Å². The van der Waals surface area contributed by atoms with Crippen molar-refractivity contribution in [1.29, 1.82) is 0 Å². The Morgan fingerprint density at radius 2 is 2.00 bits per heavy atom. The second kappa shape index (κ2) is 2.71. The molecule has 0 aromatic rings. The van der Waals surface area contributed by atoms with Crippen LogP contribution in [0.15, 0.2) is 0 Å². The van der Waals surface area contributed by atoms with Crippen LogP contribution in [0.1, 0.15) is 20.3 Å². The Balaban J connectivity index is 2.67. The molecule has 1 saturated heterocycles. The minimum Gasteiger partial charge on any atom is -0.387 e. The maximum atomic E-state index is 9.49. The molecule has 1 fully saturated rings. The Labute approximate surface area is 65.4 Å². The van der Waals surface area contributed by atoms with E-state index in [1.54, 1.807) is 6.92 Å². The lowest BCUT2D eigenvalue weighted by molar-refractivity contribution is -0.256. The molecule has 4 nitrogen and oxygen atoms in total. The van der Waals surface area contributed by atoms with Crippen LogP contribution in [-0.4, -0.2) is 39.4 Å². The minimum atomic E-state index is -1.24. The highest BCUT2D eigenvalue weighted by Gasteiger charge is 2.42. The Morgan fingerprint density at radius 1 is 1.45 bits per heavy atom. The van der Waals surface area contributed by atoms with Gasteiger partial charge >= 0.3 is 0 Å². The average Bonchev–Trinajstić information content (AvgIpc) is 1.81. The lowest BCUT2D eigenvalue weighted by Crippen LogP contribution is -2.54. The van der Waals surface area contributed by atoms with Gasteiger partial charge in [0.2, 0.25) is 0 Å². The zero-order valence-corrected chi connectivity index (χ0v) is 6.69. The van der Waals surface area contributed by atoms with Gasteiger partial charge in [-0.3, -0.25) is 0 Å². The summed E-state index contributed by atoms with van der Waals surface area (Å²) >= 11 is 0. The smallest absolute Gasteiger partial charge is 0.157 e. The number of ether oxygens (including phenoxy) is 1. The lowest BCUT2D eigenvalue weighted by Gasteiger charge is -2.40. The first-order valence-electron chi connectivity index (χ1n) is 3.67. The zero-order chi connectivity index (χ0) is 8.65. The molecule has 0 aromatic carbocycles. The van der Waals surface area contributed by atoms with E-state index in [4.69, 9.17) is 9.84 Å². The van der Waals surface area contributed by atoms with Crippen molar-refractivity contribution in [2.24, 2.45) is 0 Å². The van der Waals surface area contributed by atoms with Gasteiger partial charge in [0.1, 0.15) is 6.10 Å². The normalized spacial score (nSPS) is 52.6. The molecule has 3 N–H and O–H groups in total. The van der Waals surface area contributed by atoms with Crippen LogP contribution in [0.5, 0.6) is 0 Å². The Morgan fingerprint density at radius 3 is 2.45 bits per heavy atom. The number of aliphatic hydroxyl groups excluding tert-OH is 2. The van der Waals surface area contributed by atoms with Gasteiger partial charge in [-0.05, 0) is 13.8 Å². The van der Waals surface area contributed by atoms with Gasteiger partial charge in [-0.25, -0.2) is 0 Å². The van der Waals surface area contributed by atoms with Crippen LogP contribution < -0.4 is 0 Å². The highest BCUT2D eigenvalue weighted by atomic mass is 16.6. The molecule has 1 heterocycles. The van der Waals surface area contributed by atoms with Gasteiger partial charge in [-0.1, -0.05) is 0 Å². The highest BCUT2D eigenvalue weighted by Crippen LogP contribution is 2.27. The summed E-state index contributed by atoms with van der Waals surface area (Å²) < 4.78 is 4.88. The Bertz CT molecular complexity index is 145. The Hall–Kier alpha value is -0.160. The van der Waals surface area contributed by atoms with Gasteiger partial charge < -0.3 is 20.1 Å². The Kier molecular flexibility index (Phi) is 2.20. The molecule has 0 saturated carbocycles. The maximum absolute atomic E-state index is 9.49. The van der Waals surface area contributed by atoms with Gasteiger partial charge in [0.15, 0.2) is 6.29 Å². The zero-order valence-electron chi connectivity index (χ0n) is 6.69. The molecule has 0 radical (unpaired) electrons. The summed E-state index contributed by atoms with van der Waals surface area (Å²) in [6.07, 6.45) is -2.36. The number of hydrogen-bond acceptors (Lipinski definition) is 4. The molecule has 1 aliphatic rings. The summed E-state index contributed by atoms with van der Waals surface area (Å²) in [5.74, 6) is 0. The summed E-state index contributed by atoms with van der Waals surface area (Å²) in [6.45, 7) is 3.10. The van der Waals surface area contributed by atoms with Gasteiger partial charge in [-0.2, -0.15) is 0 Å². The second-order valence-electron chi connectivity index (χ2n) is 3.30. The van der Waals surface area contributed by atoms with E-state index in [-0.39, 0.29) is 6.42 Å². The molecule has 1 aliphatic heterocycles. The molecular weight excluding hydrogens is 148 g/mol. The van der Waals surface area contributed by atoms with Crippen molar-refractivity contribution < 1.29 is 20.1 Å². The van der Waals surface area contributed by atoms with Crippen LogP contribution in [0, 0.1) is 0 Å². The quantitative estimate of drug-likeness (QED) is 0.437. The van der Waals surface area contributed by atoms with Crippen molar-refractivity contribution in [3.63, 3.8) is 0 Å². The molecule has 0 amide bonds. The van der Waals surface area contributed by atoms with Crippen molar-refractivity contribution in [2.75, 3.05) is 0 Å². The van der Waals surface area contributed by atoms with E-state index in [0.29, 0.717) is 0 Å². The maximum Gasteiger partial charge on any atom is 0.157 e. The van der Waals surface area contributed by atoms with E-state index >= 15 is 0 Å². The van der Waals surface area contributed by atoms with E-state index in [1.807, 2.05) is 0 Å². The third-order valence-corrected chi connectivity index (χ3v) is 2.04. The molecule has 4 heteroatoms. The first kappa shape index (κ1) is 8.93. The summed E-state index contributed by atoms with van der Waals surface area (Å²) in [5.41, 5.74) is -1.24. The monoisotopic (exact) mass is 162 g/mol. The summed E-state index contributed by atoms with van der Waals surface area (Å²) in [6, 6.07) is 0. The van der Waals surface area contributed by atoms with Crippen molar-refractivity contribution in [1.82, 2.24) is 0 Å². The number of rotatable bonds is 0. The van der Waals surface area contributed by atoms with E-state index in [1.165, 1.54) is 6.92 Å².